The van der Waals surface area contributed by atoms with Gasteiger partial charge in [0.15, 0.2) is 5.69 Å². The predicted molar refractivity (Wildman–Crippen MR) is 64.1 cm³/mol. The number of carboxylic acids is 1. The molecule has 0 bridgehead atoms. The number of nitrogens with zero attached hydrogens (tertiary/aromatic N) is 1. The second-order valence-electron chi connectivity index (χ2n) is 2.96. The number of rotatable bonds is 1. The lowest BCUT2D eigenvalue weighted by Gasteiger charge is -2.02. The van der Waals surface area contributed by atoms with Crippen LogP contribution in [0.5, 0.6) is 0 Å². The minimum atomic E-state index is -1.04. The van der Waals surface area contributed by atoms with Gasteiger partial charge in [-0.25, -0.2) is 9.78 Å². The van der Waals surface area contributed by atoms with Crippen molar-refractivity contribution in [2.75, 3.05) is 0 Å². The quantitative estimate of drug-likeness (QED) is 0.871. The number of hydrogen-bond donors (Lipinski definition) is 1. The van der Waals surface area contributed by atoms with Crippen LogP contribution in [-0.4, -0.2) is 16.1 Å². The normalized spacial score (nSPS) is 10.5. The van der Waals surface area contributed by atoms with Crippen LogP contribution in [0.1, 0.15) is 10.5 Å². The molecule has 0 aliphatic heterocycles. The van der Waals surface area contributed by atoms with Crippen molar-refractivity contribution in [2.24, 2.45) is 0 Å². The molecule has 1 N–H and O–H groups in total. The lowest BCUT2D eigenvalue weighted by atomic mass is 10.2. The summed E-state index contributed by atoms with van der Waals surface area (Å²) in [5.41, 5.74) is 0.686. The van der Waals surface area contributed by atoms with E-state index in [0.29, 0.717) is 9.99 Å². The van der Waals surface area contributed by atoms with Crippen LogP contribution >= 0.6 is 31.9 Å². The maximum absolute atomic E-state index is 10.8. The maximum Gasteiger partial charge on any atom is 0.355 e. The number of carbonyl (C=O) groups is 1. The summed E-state index contributed by atoms with van der Waals surface area (Å²) in [6, 6.07) is 7.30. The van der Waals surface area contributed by atoms with Crippen molar-refractivity contribution in [3.8, 4) is 0 Å². The molecule has 0 saturated heterocycles. The number of aromatic nitrogens is 1. The molecular weight excluding hydrogens is 326 g/mol. The molecule has 0 aliphatic carbocycles. The van der Waals surface area contributed by atoms with Crippen molar-refractivity contribution in [3.05, 3.63) is 38.9 Å². The molecule has 3 nitrogen and oxygen atoms in total. The van der Waals surface area contributed by atoms with E-state index in [1.165, 1.54) is 0 Å². The highest BCUT2D eigenvalue weighted by atomic mass is 79.9. The Balaban J connectivity index is 2.77. The first-order chi connectivity index (χ1) is 7.08. The summed E-state index contributed by atoms with van der Waals surface area (Å²) in [5.74, 6) is -1.04. The Morgan fingerprint density at radius 3 is 2.67 bits per heavy atom. The Labute approximate surface area is 102 Å². The lowest BCUT2D eigenvalue weighted by Crippen LogP contribution is -2.01. The summed E-state index contributed by atoms with van der Waals surface area (Å²) in [4.78, 5) is 14.9. The first kappa shape index (κ1) is 10.6. The van der Waals surface area contributed by atoms with Gasteiger partial charge >= 0.3 is 5.97 Å². The van der Waals surface area contributed by atoms with Crippen LogP contribution in [0.3, 0.4) is 0 Å². The SMILES string of the molecule is O=C(O)c1nc2cc(Br)ccc2cc1Br. The van der Waals surface area contributed by atoms with Gasteiger partial charge in [-0.15, -0.1) is 0 Å². The largest absolute Gasteiger partial charge is 0.476 e. The monoisotopic (exact) mass is 329 g/mol. The van der Waals surface area contributed by atoms with Crippen molar-refractivity contribution in [1.82, 2.24) is 4.98 Å². The van der Waals surface area contributed by atoms with E-state index < -0.39 is 5.97 Å². The minimum Gasteiger partial charge on any atom is -0.476 e. The summed E-state index contributed by atoms with van der Waals surface area (Å²) >= 11 is 6.49. The minimum absolute atomic E-state index is 0.0283. The second kappa shape index (κ2) is 3.90. The van der Waals surface area contributed by atoms with Gasteiger partial charge in [-0.1, -0.05) is 22.0 Å². The summed E-state index contributed by atoms with van der Waals surface area (Å²) < 4.78 is 1.37. The van der Waals surface area contributed by atoms with Gasteiger partial charge in [0.2, 0.25) is 0 Å². The smallest absolute Gasteiger partial charge is 0.355 e. The molecule has 76 valence electrons. The Hall–Kier alpha value is -0.940. The van der Waals surface area contributed by atoms with Gasteiger partial charge in [-0.3, -0.25) is 0 Å². The van der Waals surface area contributed by atoms with E-state index in [-0.39, 0.29) is 5.69 Å². The van der Waals surface area contributed by atoms with Crippen molar-refractivity contribution in [1.29, 1.82) is 0 Å². The van der Waals surface area contributed by atoms with E-state index in [1.807, 2.05) is 12.1 Å². The molecule has 1 aromatic carbocycles. The third-order valence-corrected chi connectivity index (χ3v) is 3.03. The number of pyridine rings is 1. The van der Waals surface area contributed by atoms with Crippen molar-refractivity contribution in [3.63, 3.8) is 0 Å². The molecular formula is C10H5Br2NO2. The van der Waals surface area contributed by atoms with E-state index >= 15 is 0 Å². The summed E-state index contributed by atoms with van der Waals surface area (Å²) in [7, 11) is 0. The highest BCUT2D eigenvalue weighted by Crippen LogP contribution is 2.24. The third kappa shape index (κ3) is 2.03. The van der Waals surface area contributed by atoms with Crippen LogP contribution < -0.4 is 0 Å². The standard InChI is InChI=1S/C10H5Br2NO2/c11-6-2-1-5-3-7(12)9(10(14)15)13-8(5)4-6/h1-4H,(H,14,15). The molecule has 0 amide bonds. The van der Waals surface area contributed by atoms with Gasteiger partial charge in [-0.05, 0) is 34.1 Å². The number of aromatic carboxylic acids is 1. The molecule has 5 heteroatoms. The van der Waals surface area contributed by atoms with Gasteiger partial charge < -0.3 is 5.11 Å². The lowest BCUT2D eigenvalue weighted by molar-refractivity contribution is 0.0690. The number of fused-ring (bicyclic) bond motifs is 1. The van der Waals surface area contributed by atoms with Crippen molar-refractivity contribution < 1.29 is 9.90 Å². The highest BCUT2D eigenvalue weighted by Gasteiger charge is 2.11. The Morgan fingerprint density at radius 2 is 2.00 bits per heavy atom. The third-order valence-electron chi connectivity index (χ3n) is 1.94. The number of hydrogen-bond acceptors (Lipinski definition) is 2. The van der Waals surface area contributed by atoms with Crippen molar-refractivity contribution in [2.45, 2.75) is 0 Å². The predicted octanol–water partition coefficient (Wildman–Crippen LogP) is 3.46. The Kier molecular flexibility index (Phi) is 2.75. The molecule has 15 heavy (non-hydrogen) atoms. The zero-order valence-corrected chi connectivity index (χ0v) is 10.5. The fourth-order valence-electron chi connectivity index (χ4n) is 1.26. The van der Waals surface area contributed by atoms with E-state index in [1.54, 1.807) is 12.1 Å². The summed E-state index contributed by atoms with van der Waals surface area (Å²) in [5, 5.41) is 9.79. The van der Waals surface area contributed by atoms with E-state index in [4.69, 9.17) is 5.11 Å². The molecule has 1 heterocycles. The molecule has 0 saturated carbocycles. The second-order valence-corrected chi connectivity index (χ2v) is 4.73. The van der Waals surface area contributed by atoms with Crippen molar-refractivity contribution >= 4 is 48.7 Å². The summed E-state index contributed by atoms with van der Waals surface area (Å²) in [6.07, 6.45) is 0. The molecule has 0 fully saturated rings. The fourth-order valence-corrected chi connectivity index (χ4v) is 2.12. The number of halogens is 2. The van der Waals surface area contributed by atoms with Gasteiger partial charge in [0.25, 0.3) is 0 Å². The van der Waals surface area contributed by atoms with Gasteiger partial charge in [0.05, 0.1) is 9.99 Å². The number of benzene rings is 1. The van der Waals surface area contributed by atoms with Crippen LogP contribution in [0.25, 0.3) is 10.9 Å². The topological polar surface area (TPSA) is 50.2 Å². The summed E-state index contributed by atoms with van der Waals surface area (Å²) in [6.45, 7) is 0. The van der Waals surface area contributed by atoms with Crippen LogP contribution in [-0.2, 0) is 0 Å². The van der Waals surface area contributed by atoms with Crippen LogP contribution in [0.2, 0.25) is 0 Å². The van der Waals surface area contributed by atoms with Gasteiger partial charge in [0.1, 0.15) is 0 Å². The van der Waals surface area contributed by atoms with Gasteiger partial charge in [0, 0.05) is 9.86 Å². The highest BCUT2D eigenvalue weighted by molar-refractivity contribution is 9.10. The average molecular weight is 331 g/mol. The van der Waals surface area contributed by atoms with E-state index in [2.05, 4.69) is 36.8 Å². The molecule has 0 unspecified atom stereocenters. The molecule has 2 rings (SSSR count). The van der Waals surface area contributed by atoms with Crippen LogP contribution in [0.15, 0.2) is 33.2 Å². The first-order valence-corrected chi connectivity index (χ1v) is 5.65. The fraction of sp³-hybridized carbons (Fsp3) is 0. The van der Waals surface area contributed by atoms with E-state index in [0.717, 1.165) is 9.86 Å². The number of carboxylic acid groups (broad SMARTS) is 1. The first-order valence-electron chi connectivity index (χ1n) is 4.07. The Bertz CT molecular complexity index is 554. The van der Waals surface area contributed by atoms with Crippen LogP contribution in [0, 0.1) is 0 Å². The average Bonchev–Trinajstić information content (AvgIpc) is 2.17. The molecule has 0 radical (unpaired) electrons. The molecule has 0 atom stereocenters. The molecule has 2 aromatic rings. The Morgan fingerprint density at radius 1 is 1.27 bits per heavy atom. The molecule has 0 aliphatic rings. The zero-order valence-electron chi connectivity index (χ0n) is 7.37. The van der Waals surface area contributed by atoms with Gasteiger partial charge in [-0.2, -0.15) is 0 Å². The maximum atomic E-state index is 10.8. The molecule has 1 aromatic heterocycles. The zero-order chi connectivity index (χ0) is 11.0. The molecule has 0 spiro atoms. The van der Waals surface area contributed by atoms with E-state index in [9.17, 15) is 4.79 Å². The van der Waals surface area contributed by atoms with Crippen LogP contribution in [0.4, 0.5) is 0 Å².